The van der Waals surface area contributed by atoms with Gasteiger partial charge in [0.15, 0.2) is 11.9 Å². The van der Waals surface area contributed by atoms with E-state index in [1.54, 1.807) is 74.5 Å². The van der Waals surface area contributed by atoms with Crippen LogP contribution in [-0.2, 0) is 28.2 Å². The quantitative estimate of drug-likeness (QED) is 0.123. The van der Waals surface area contributed by atoms with E-state index in [0.717, 1.165) is 5.39 Å². The number of Topliss-reactive ketones (excluding diaryl/α,β-unsaturated/α-hetero) is 1. The first-order valence-corrected chi connectivity index (χ1v) is 15.5. The van der Waals surface area contributed by atoms with Gasteiger partial charge >= 0.3 is 19.5 Å². The molecule has 11 nitrogen and oxygen atoms in total. The lowest BCUT2D eigenvalue weighted by Gasteiger charge is -2.22. The molecule has 0 heterocycles. The molecule has 0 aliphatic carbocycles. The van der Waals surface area contributed by atoms with E-state index in [-0.39, 0.29) is 49.3 Å². The number of carbonyl (C=O) groups is 4. The van der Waals surface area contributed by atoms with Gasteiger partial charge in [-0.2, -0.15) is 0 Å². The molecule has 0 saturated carbocycles. The Morgan fingerprint density at radius 1 is 0.953 bits per heavy atom. The van der Waals surface area contributed by atoms with Gasteiger partial charge in [-0.15, -0.1) is 0 Å². The monoisotopic (exact) mass is 613 g/mol. The Morgan fingerprint density at radius 2 is 1.67 bits per heavy atom. The third-order valence-corrected chi connectivity index (χ3v) is 8.46. The SMILES string of the molecule is CCOC(=O)[C@H](C)OP(=O)(CCNC(=O)CCC(=O)c1cc2cc([C@@H](C)C(=O)O)ccc2cc1OC)Oc1ccccc1. The first-order chi connectivity index (χ1) is 20.5. The number of ketones is 1. The van der Waals surface area contributed by atoms with E-state index in [9.17, 15) is 28.8 Å². The second-order valence-electron chi connectivity index (χ2n) is 9.73. The predicted octanol–water partition coefficient (Wildman–Crippen LogP) is 5.36. The summed E-state index contributed by atoms with van der Waals surface area (Å²) in [5.41, 5.74) is 0.863. The molecule has 230 valence electrons. The minimum Gasteiger partial charge on any atom is -0.496 e. The first kappa shape index (κ1) is 33.3. The first-order valence-electron chi connectivity index (χ1n) is 13.8. The highest BCUT2D eigenvalue weighted by Crippen LogP contribution is 2.49. The number of ether oxygens (including phenoxy) is 2. The lowest BCUT2D eigenvalue weighted by atomic mass is 9.95. The number of fused-ring (bicyclic) bond motifs is 1. The summed E-state index contributed by atoms with van der Waals surface area (Å²) in [4.78, 5) is 49.2. The second kappa shape index (κ2) is 15.3. The van der Waals surface area contributed by atoms with E-state index in [4.69, 9.17) is 18.5 Å². The number of hydrogen-bond acceptors (Lipinski definition) is 9. The Balaban J connectivity index is 1.64. The topological polar surface area (TPSA) is 155 Å². The molecule has 3 atom stereocenters. The lowest BCUT2D eigenvalue weighted by molar-refractivity contribution is -0.150. The smallest absolute Gasteiger partial charge is 0.381 e. The lowest BCUT2D eigenvalue weighted by Crippen LogP contribution is -2.29. The van der Waals surface area contributed by atoms with Crippen molar-refractivity contribution < 1.29 is 47.4 Å². The van der Waals surface area contributed by atoms with Crippen LogP contribution in [-0.4, -0.2) is 61.3 Å². The Bertz CT molecular complexity index is 1510. The van der Waals surface area contributed by atoms with Crippen molar-refractivity contribution in [2.24, 2.45) is 0 Å². The highest BCUT2D eigenvalue weighted by atomic mass is 31.2. The van der Waals surface area contributed by atoms with Gasteiger partial charge in [0.2, 0.25) is 5.91 Å². The highest BCUT2D eigenvalue weighted by molar-refractivity contribution is 7.54. The summed E-state index contributed by atoms with van der Waals surface area (Å²) in [6.45, 7) is 4.65. The van der Waals surface area contributed by atoms with Crippen LogP contribution in [0.5, 0.6) is 11.5 Å². The largest absolute Gasteiger partial charge is 0.496 e. The maximum absolute atomic E-state index is 13.5. The van der Waals surface area contributed by atoms with Crippen LogP contribution >= 0.6 is 7.60 Å². The molecule has 0 radical (unpaired) electrons. The van der Waals surface area contributed by atoms with Crippen molar-refractivity contribution in [3.05, 3.63) is 71.8 Å². The molecule has 3 aromatic rings. The van der Waals surface area contributed by atoms with Gasteiger partial charge in [0.25, 0.3) is 0 Å². The van der Waals surface area contributed by atoms with Gasteiger partial charge in [-0.3, -0.25) is 18.9 Å². The third-order valence-electron chi connectivity index (χ3n) is 6.57. The van der Waals surface area contributed by atoms with E-state index >= 15 is 0 Å². The van der Waals surface area contributed by atoms with Gasteiger partial charge in [0.1, 0.15) is 11.5 Å². The fourth-order valence-electron chi connectivity index (χ4n) is 4.18. The Morgan fingerprint density at radius 3 is 2.33 bits per heavy atom. The minimum atomic E-state index is -3.90. The molecule has 1 unspecified atom stereocenters. The van der Waals surface area contributed by atoms with Crippen LogP contribution in [0, 0.1) is 0 Å². The Hall–Kier alpha value is -4.21. The van der Waals surface area contributed by atoms with Crippen molar-refractivity contribution in [3.8, 4) is 11.5 Å². The molecule has 0 fully saturated rings. The molecule has 0 bridgehead atoms. The molecule has 0 aliphatic heterocycles. The molecule has 2 N–H and O–H groups in total. The van der Waals surface area contributed by atoms with Gasteiger partial charge in [-0.05, 0) is 61.4 Å². The van der Waals surface area contributed by atoms with Crippen LogP contribution in [0.3, 0.4) is 0 Å². The van der Waals surface area contributed by atoms with Crippen molar-refractivity contribution in [1.82, 2.24) is 5.32 Å². The summed E-state index contributed by atoms with van der Waals surface area (Å²) >= 11 is 0. The molecule has 0 aliphatic rings. The maximum atomic E-state index is 13.5. The molecule has 0 aromatic heterocycles. The maximum Gasteiger partial charge on any atom is 0.381 e. The number of esters is 1. The molecule has 12 heteroatoms. The number of carboxylic acid groups (broad SMARTS) is 1. The summed E-state index contributed by atoms with van der Waals surface area (Å²) in [6.07, 6.45) is -1.68. The number of methoxy groups -OCH3 is 1. The summed E-state index contributed by atoms with van der Waals surface area (Å²) in [5, 5.41) is 13.4. The number of amides is 1. The fraction of sp³-hybridized carbons (Fsp3) is 0.355. The van der Waals surface area contributed by atoms with Crippen LogP contribution in [0.1, 0.15) is 55.5 Å². The van der Waals surface area contributed by atoms with Crippen LogP contribution in [0.15, 0.2) is 60.7 Å². The summed E-state index contributed by atoms with van der Waals surface area (Å²) in [5.74, 6) is -2.57. The van der Waals surface area contributed by atoms with Crippen molar-refractivity contribution in [2.75, 3.05) is 26.4 Å². The second-order valence-corrected chi connectivity index (χ2v) is 11.8. The summed E-state index contributed by atoms with van der Waals surface area (Å²) in [6, 6.07) is 16.8. The van der Waals surface area contributed by atoms with Gasteiger partial charge in [0.05, 0.1) is 31.4 Å². The number of aliphatic carboxylic acids is 1. The Kier molecular flexibility index (Phi) is 11.9. The van der Waals surface area contributed by atoms with E-state index < -0.39 is 37.5 Å². The van der Waals surface area contributed by atoms with Gasteiger partial charge in [-0.25, -0.2) is 9.36 Å². The molecule has 3 rings (SSSR count). The van der Waals surface area contributed by atoms with Crippen LogP contribution < -0.4 is 14.6 Å². The van der Waals surface area contributed by atoms with Crippen molar-refractivity contribution in [3.63, 3.8) is 0 Å². The standard InChI is InChI=1S/C31H36NO10P/c1-5-40-31(37)21(3)41-43(38,42-25-9-7-6-8-10-25)16-15-32-29(34)14-13-27(33)26-18-24-17-22(20(2)30(35)36)11-12-23(24)19-28(26)39-4/h6-12,17-21H,5,13-16H2,1-4H3,(H,32,34)(H,35,36)/t20-,21+,43?/m1/s1. The van der Waals surface area contributed by atoms with Crippen LogP contribution in [0.4, 0.5) is 0 Å². The summed E-state index contributed by atoms with van der Waals surface area (Å²) in [7, 11) is -2.47. The van der Waals surface area contributed by atoms with Crippen molar-refractivity contribution in [1.29, 1.82) is 0 Å². The van der Waals surface area contributed by atoms with Gasteiger partial charge in [0, 0.05) is 19.4 Å². The van der Waals surface area contributed by atoms with Crippen molar-refractivity contribution >= 4 is 42.0 Å². The number of para-hydroxylation sites is 1. The summed E-state index contributed by atoms with van der Waals surface area (Å²) < 4.78 is 34.9. The molecular formula is C31H36NO10P. The average molecular weight is 614 g/mol. The number of hydrogen-bond donors (Lipinski definition) is 2. The fourth-order valence-corrected chi connectivity index (χ4v) is 5.82. The zero-order valence-electron chi connectivity index (χ0n) is 24.5. The highest BCUT2D eigenvalue weighted by Gasteiger charge is 2.32. The number of carbonyl (C=O) groups excluding carboxylic acids is 3. The van der Waals surface area contributed by atoms with E-state index in [0.29, 0.717) is 16.7 Å². The molecule has 3 aromatic carbocycles. The Labute approximate surface area is 250 Å². The molecule has 0 spiro atoms. The van der Waals surface area contributed by atoms with E-state index in [1.807, 2.05) is 0 Å². The number of rotatable bonds is 16. The predicted molar refractivity (Wildman–Crippen MR) is 160 cm³/mol. The van der Waals surface area contributed by atoms with Crippen molar-refractivity contribution in [2.45, 2.75) is 45.6 Å². The molecule has 0 saturated heterocycles. The van der Waals surface area contributed by atoms with Crippen LogP contribution in [0.2, 0.25) is 0 Å². The van der Waals surface area contributed by atoms with Gasteiger partial charge in [-0.1, -0.05) is 36.4 Å². The number of nitrogens with one attached hydrogen (secondary N) is 1. The normalized spacial score (nSPS) is 13.8. The molecule has 43 heavy (non-hydrogen) atoms. The molecule has 1 amide bonds. The molecular weight excluding hydrogens is 577 g/mol. The number of benzene rings is 3. The average Bonchev–Trinajstić information content (AvgIpc) is 2.98. The van der Waals surface area contributed by atoms with Gasteiger partial charge < -0.3 is 24.4 Å². The number of carboxylic acids is 1. The van der Waals surface area contributed by atoms with E-state index in [1.165, 1.54) is 14.0 Å². The zero-order chi connectivity index (χ0) is 31.6. The third kappa shape index (κ3) is 9.39. The minimum absolute atomic E-state index is 0.101. The zero-order valence-corrected chi connectivity index (χ0v) is 25.4. The van der Waals surface area contributed by atoms with Crippen LogP contribution in [0.25, 0.3) is 10.8 Å². The van der Waals surface area contributed by atoms with E-state index in [2.05, 4.69) is 5.32 Å².